The van der Waals surface area contributed by atoms with Crippen LogP contribution in [0.4, 0.5) is 10.7 Å². The summed E-state index contributed by atoms with van der Waals surface area (Å²) in [7, 11) is 0. The minimum atomic E-state index is -0.356. The molecule has 1 atom stereocenters. The Labute approximate surface area is 208 Å². The molecule has 1 heterocycles. The highest BCUT2D eigenvalue weighted by Gasteiger charge is 2.32. The summed E-state index contributed by atoms with van der Waals surface area (Å²) in [6.45, 7) is 8.83. The number of nitro benzene ring substituents is 1. The van der Waals surface area contributed by atoms with Crippen molar-refractivity contribution in [3.8, 4) is 6.07 Å². The molecule has 1 aromatic heterocycles. The van der Waals surface area contributed by atoms with Crippen molar-refractivity contribution in [2.75, 3.05) is 0 Å². The highest BCUT2D eigenvalue weighted by Crippen LogP contribution is 2.45. The third-order valence-electron chi connectivity index (χ3n) is 6.34. The van der Waals surface area contributed by atoms with Crippen LogP contribution in [0.5, 0.6) is 0 Å². The fourth-order valence-corrected chi connectivity index (χ4v) is 6.35. The van der Waals surface area contributed by atoms with Gasteiger partial charge >= 0.3 is 0 Å². The van der Waals surface area contributed by atoms with Crippen LogP contribution in [0.2, 0.25) is 0 Å². The van der Waals surface area contributed by atoms with Gasteiger partial charge in [-0.1, -0.05) is 56.3 Å². The first-order valence-electron chi connectivity index (χ1n) is 11.3. The molecule has 0 saturated carbocycles. The Morgan fingerprint density at radius 2 is 1.97 bits per heavy atom. The summed E-state index contributed by atoms with van der Waals surface area (Å²) >= 11 is 2.96. The van der Waals surface area contributed by atoms with Crippen molar-refractivity contribution in [1.82, 2.24) is 0 Å². The summed E-state index contributed by atoms with van der Waals surface area (Å²) in [5, 5.41) is 22.2. The lowest BCUT2D eigenvalue weighted by atomic mass is 9.72. The largest absolute Gasteiger partial charge is 0.283 e. The zero-order valence-electron chi connectivity index (χ0n) is 19.8. The maximum absolute atomic E-state index is 11.7. The van der Waals surface area contributed by atoms with E-state index in [0.29, 0.717) is 26.9 Å². The molecule has 0 bridgehead atoms. The van der Waals surface area contributed by atoms with Crippen molar-refractivity contribution >= 4 is 40.0 Å². The van der Waals surface area contributed by atoms with Gasteiger partial charge in [0.1, 0.15) is 11.1 Å². The first-order valence-corrected chi connectivity index (χ1v) is 12.9. The van der Waals surface area contributed by atoms with E-state index < -0.39 is 0 Å². The van der Waals surface area contributed by atoms with Crippen molar-refractivity contribution in [1.29, 1.82) is 5.26 Å². The van der Waals surface area contributed by atoms with E-state index in [0.717, 1.165) is 35.3 Å². The van der Waals surface area contributed by atoms with Crippen LogP contribution in [0.1, 0.15) is 54.3 Å². The molecule has 0 amide bonds. The monoisotopic (exact) mass is 489 g/mol. The van der Waals surface area contributed by atoms with E-state index in [1.165, 1.54) is 16.6 Å². The van der Waals surface area contributed by atoms with Crippen molar-refractivity contribution in [3.05, 3.63) is 79.7 Å². The number of thiophene rings is 1. The summed E-state index contributed by atoms with van der Waals surface area (Å²) < 4.78 is 0. The molecule has 174 valence electrons. The lowest BCUT2D eigenvalue weighted by Gasteiger charge is -2.33. The van der Waals surface area contributed by atoms with Gasteiger partial charge in [0.25, 0.3) is 5.69 Å². The molecule has 0 aliphatic heterocycles. The number of benzene rings is 2. The fourth-order valence-electron chi connectivity index (χ4n) is 4.23. The first kappa shape index (κ1) is 24.2. The van der Waals surface area contributed by atoms with Gasteiger partial charge < -0.3 is 0 Å². The summed E-state index contributed by atoms with van der Waals surface area (Å²) in [5.41, 5.74) is 3.86. The summed E-state index contributed by atoms with van der Waals surface area (Å²) in [5.74, 6) is 0.586. The van der Waals surface area contributed by atoms with Crippen molar-refractivity contribution < 1.29 is 4.92 Å². The number of nitro groups is 1. The molecule has 5 nitrogen and oxygen atoms in total. The highest BCUT2D eigenvalue weighted by atomic mass is 32.2. The minimum Gasteiger partial charge on any atom is -0.258 e. The predicted octanol–water partition coefficient (Wildman–Crippen LogP) is 7.89. The molecule has 1 aliphatic carbocycles. The number of nitrogens with zero attached hydrogens (tertiary/aromatic N) is 3. The van der Waals surface area contributed by atoms with Gasteiger partial charge in [0.15, 0.2) is 0 Å². The molecule has 7 heteroatoms. The van der Waals surface area contributed by atoms with Crippen molar-refractivity contribution in [2.24, 2.45) is 16.3 Å². The van der Waals surface area contributed by atoms with E-state index >= 15 is 0 Å². The molecule has 0 saturated heterocycles. The Hall–Kier alpha value is -2.95. The molecule has 2 aromatic carbocycles. The molecule has 1 aliphatic rings. The number of rotatable bonds is 5. The molecule has 4 rings (SSSR count). The van der Waals surface area contributed by atoms with Crippen LogP contribution in [0, 0.1) is 39.7 Å². The molecule has 34 heavy (non-hydrogen) atoms. The Kier molecular flexibility index (Phi) is 6.92. The number of hydrogen-bond donors (Lipinski definition) is 0. The van der Waals surface area contributed by atoms with E-state index in [1.807, 2.05) is 37.3 Å². The van der Waals surface area contributed by atoms with Crippen LogP contribution < -0.4 is 0 Å². The van der Waals surface area contributed by atoms with E-state index in [-0.39, 0.29) is 16.0 Å². The van der Waals surface area contributed by atoms with Crippen LogP contribution in [0.15, 0.2) is 57.2 Å². The lowest BCUT2D eigenvalue weighted by molar-refractivity contribution is -0.387. The van der Waals surface area contributed by atoms with Gasteiger partial charge in [-0.2, -0.15) is 5.26 Å². The topological polar surface area (TPSA) is 79.3 Å². The molecule has 0 fully saturated rings. The number of nitriles is 1. The Balaban J connectivity index is 1.60. The molecule has 0 radical (unpaired) electrons. The zero-order chi connectivity index (χ0) is 24.5. The van der Waals surface area contributed by atoms with Gasteiger partial charge in [-0.15, -0.1) is 11.3 Å². The lowest BCUT2D eigenvalue weighted by Crippen LogP contribution is -2.26. The summed E-state index contributed by atoms with van der Waals surface area (Å²) in [6.07, 6.45) is 4.59. The van der Waals surface area contributed by atoms with Crippen LogP contribution in [0.25, 0.3) is 0 Å². The van der Waals surface area contributed by atoms with E-state index in [2.05, 4.69) is 31.8 Å². The van der Waals surface area contributed by atoms with E-state index in [1.54, 1.807) is 29.7 Å². The predicted molar refractivity (Wildman–Crippen MR) is 140 cm³/mol. The van der Waals surface area contributed by atoms with E-state index in [9.17, 15) is 15.4 Å². The second-order valence-electron chi connectivity index (χ2n) is 9.76. The summed E-state index contributed by atoms with van der Waals surface area (Å²) in [4.78, 5) is 18.8. The molecule has 0 unspecified atom stereocenters. The van der Waals surface area contributed by atoms with Gasteiger partial charge in [-0.3, -0.25) is 10.1 Å². The normalized spacial score (nSPS) is 15.8. The Bertz CT molecular complexity index is 1300. The fraction of sp³-hybridized carbons (Fsp3) is 0.333. The van der Waals surface area contributed by atoms with Gasteiger partial charge in [-0.25, -0.2) is 4.99 Å². The maximum atomic E-state index is 11.7. The molecular formula is C27H27N3O2S2. The van der Waals surface area contributed by atoms with Crippen molar-refractivity contribution in [2.45, 2.75) is 56.7 Å². The van der Waals surface area contributed by atoms with Gasteiger partial charge in [-0.05, 0) is 66.8 Å². The quantitative estimate of drug-likeness (QED) is 0.207. The number of fused-ring (bicyclic) bond motifs is 1. The van der Waals surface area contributed by atoms with Crippen LogP contribution >= 0.6 is 23.1 Å². The first-order chi connectivity index (χ1) is 16.2. The maximum Gasteiger partial charge on any atom is 0.283 e. The van der Waals surface area contributed by atoms with Crippen molar-refractivity contribution in [3.63, 3.8) is 0 Å². The average Bonchev–Trinajstić information content (AvgIpc) is 3.15. The highest BCUT2D eigenvalue weighted by molar-refractivity contribution is 7.99. The SMILES string of the molecule is Cc1ccc(Sc2ccc(C=Nc3sc4c(c3C#N)CC[C@H](C(C)(C)C)C4)cc2[N+](=O)[O-])cc1. The zero-order valence-corrected chi connectivity index (χ0v) is 21.4. The minimum absolute atomic E-state index is 0.0496. The molecule has 0 spiro atoms. The summed E-state index contributed by atoms with van der Waals surface area (Å²) in [6, 6.07) is 15.4. The second-order valence-corrected chi connectivity index (χ2v) is 12.0. The Morgan fingerprint density at radius 1 is 1.24 bits per heavy atom. The number of aliphatic imine (C=N–C) groups is 1. The molecule has 3 aromatic rings. The van der Waals surface area contributed by atoms with Crippen LogP contribution in [-0.2, 0) is 12.8 Å². The molecule has 0 N–H and O–H groups in total. The van der Waals surface area contributed by atoms with E-state index in [4.69, 9.17) is 0 Å². The van der Waals surface area contributed by atoms with Gasteiger partial charge in [0.2, 0.25) is 0 Å². The standard InChI is InChI=1S/C27H27N3O2S2/c1-17-5-9-20(10-6-17)33-24-12-7-18(13-23(24)30(31)32)16-29-26-22(15-28)21-11-8-19(27(2,3)4)14-25(21)34-26/h5-7,9-10,12-13,16,19H,8,11,14H2,1-4H3/t19-/m0/s1. The third kappa shape index (κ3) is 5.24. The van der Waals surface area contributed by atoms with Gasteiger partial charge in [0, 0.05) is 22.1 Å². The van der Waals surface area contributed by atoms with Crippen LogP contribution in [0.3, 0.4) is 0 Å². The Morgan fingerprint density at radius 3 is 2.62 bits per heavy atom. The molecular weight excluding hydrogens is 462 g/mol. The van der Waals surface area contributed by atoms with Crippen LogP contribution in [-0.4, -0.2) is 11.1 Å². The number of hydrogen-bond acceptors (Lipinski definition) is 6. The average molecular weight is 490 g/mol. The smallest absolute Gasteiger partial charge is 0.258 e. The number of aryl methyl sites for hydroxylation is 1. The second kappa shape index (κ2) is 9.73. The van der Waals surface area contributed by atoms with Gasteiger partial charge in [0.05, 0.1) is 15.4 Å². The third-order valence-corrected chi connectivity index (χ3v) is 8.58.